The molecule has 1 fully saturated rings. The van der Waals surface area contributed by atoms with Crippen LogP contribution in [0.2, 0.25) is 0 Å². The van der Waals surface area contributed by atoms with Crippen molar-refractivity contribution in [1.29, 1.82) is 0 Å². The summed E-state index contributed by atoms with van der Waals surface area (Å²) in [5.41, 5.74) is 3.50. The molecule has 0 saturated carbocycles. The molecule has 140 valence electrons. The van der Waals surface area contributed by atoms with E-state index in [1.54, 1.807) is 15.2 Å². The van der Waals surface area contributed by atoms with Crippen molar-refractivity contribution in [3.05, 3.63) is 36.2 Å². The first-order chi connectivity index (χ1) is 12.3. The van der Waals surface area contributed by atoms with Crippen LogP contribution in [0.25, 0.3) is 11.1 Å². The van der Waals surface area contributed by atoms with E-state index in [-0.39, 0.29) is 12.6 Å². The number of aryl methyl sites for hydroxylation is 1. The fourth-order valence-electron chi connectivity index (χ4n) is 3.51. The molecule has 4 rings (SSSR count). The van der Waals surface area contributed by atoms with Crippen molar-refractivity contribution in [1.82, 2.24) is 19.0 Å². The zero-order valence-corrected chi connectivity index (χ0v) is 15.1. The van der Waals surface area contributed by atoms with Crippen LogP contribution in [0.1, 0.15) is 12.0 Å². The lowest BCUT2D eigenvalue weighted by atomic mass is 10.0. The van der Waals surface area contributed by atoms with Crippen molar-refractivity contribution in [2.45, 2.75) is 19.0 Å². The van der Waals surface area contributed by atoms with Crippen LogP contribution >= 0.6 is 11.0 Å². The number of carbonyl (C=O) groups is 1. The maximum atomic E-state index is 11.1. The van der Waals surface area contributed by atoms with Gasteiger partial charge in [-0.2, -0.15) is 9.40 Å². The number of rotatable bonds is 2. The average Bonchev–Trinajstić information content (AvgIpc) is 3.22. The lowest BCUT2D eigenvalue weighted by Crippen LogP contribution is -2.44. The minimum atomic E-state index is -3.22. The van der Waals surface area contributed by atoms with Crippen LogP contribution in [-0.4, -0.2) is 58.4 Å². The largest absolute Gasteiger partial charge is 0.465 e. The summed E-state index contributed by atoms with van der Waals surface area (Å²) in [6, 6.07) is 5.59. The topological polar surface area (TPSA) is 114 Å². The van der Waals surface area contributed by atoms with E-state index in [1.165, 1.54) is 4.90 Å². The molecule has 26 heavy (non-hydrogen) atoms. The number of anilines is 1. The van der Waals surface area contributed by atoms with Crippen LogP contribution < -0.4 is 4.72 Å². The Hall–Kier alpha value is -2.27. The fourth-order valence-corrected chi connectivity index (χ4v) is 5.02. The number of aromatic nitrogens is 2. The molecule has 2 aliphatic heterocycles. The van der Waals surface area contributed by atoms with Gasteiger partial charge in [-0.3, -0.25) is 18.5 Å². The lowest BCUT2D eigenvalue weighted by molar-refractivity contribution is 0.152. The molecule has 1 aromatic carbocycles. The van der Waals surface area contributed by atoms with E-state index >= 15 is 0 Å². The number of hydrogen-bond donors (Lipinski definition) is 4. The number of nitrogens with zero attached hydrogens (tertiary/aromatic N) is 4. The van der Waals surface area contributed by atoms with Gasteiger partial charge in [-0.1, -0.05) is 23.1 Å². The molecule has 1 unspecified atom stereocenters. The Kier molecular flexibility index (Phi) is 4.07. The molecule has 4 N–H and O–H groups in total. The number of likely N-dealkylation sites (tertiary alicyclic amines) is 1. The summed E-state index contributed by atoms with van der Waals surface area (Å²) in [7, 11) is -1.38. The number of fused-ring (bicyclic) bond motifs is 1. The summed E-state index contributed by atoms with van der Waals surface area (Å²) < 4.78 is 27.4. The molecule has 0 radical (unpaired) electrons. The van der Waals surface area contributed by atoms with Crippen LogP contribution in [0.4, 0.5) is 10.5 Å². The van der Waals surface area contributed by atoms with Gasteiger partial charge in [0.15, 0.2) is 0 Å². The maximum absolute atomic E-state index is 11.1. The van der Waals surface area contributed by atoms with E-state index < -0.39 is 17.1 Å². The second-order valence-corrected chi connectivity index (χ2v) is 8.35. The molecule has 1 atom stereocenters. The normalized spacial score (nSPS) is 23.3. The summed E-state index contributed by atoms with van der Waals surface area (Å²) >= 11 is 0. The van der Waals surface area contributed by atoms with Gasteiger partial charge in [-0.15, -0.1) is 0 Å². The molecule has 0 bridgehead atoms. The number of hydrogen-bond acceptors (Lipinski definition) is 6. The molecule has 2 aromatic rings. The molecule has 0 spiro atoms. The van der Waals surface area contributed by atoms with Gasteiger partial charge in [-0.25, -0.2) is 4.79 Å². The van der Waals surface area contributed by atoms with E-state index in [0.717, 1.165) is 16.7 Å². The summed E-state index contributed by atoms with van der Waals surface area (Å²) in [5, 5.41) is 13.3. The van der Waals surface area contributed by atoms with Gasteiger partial charge < -0.3 is 10.0 Å². The Bertz CT molecular complexity index is 855. The van der Waals surface area contributed by atoms with Crippen LogP contribution in [-0.2, 0) is 13.6 Å². The second-order valence-electron chi connectivity index (χ2n) is 6.64. The van der Waals surface area contributed by atoms with Crippen LogP contribution in [0.15, 0.2) is 30.6 Å². The highest BCUT2D eigenvalue weighted by Crippen LogP contribution is 2.51. The van der Waals surface area contributed by atoms with Crippen LogP contribution in [0, 0.1) is 0 Å². The second kappa shape index (κ2) is 6.16. The van der Waals surface area contributed by atoms with Crippen molar-refractivity contribution in [2.75, 3.05) is 17.8 Å². The smallest absolute Gasteiger partial charge is 0.407 e. The summed E-state index contributed by atoms with van der Waals surface area (Å²) in [6.45, 7) is 1.03. The fraction of sp³-hybridized carbons (Fsp3) is 0.375. The molecule has 1 amide bonds. The highest BCUT2D eigenvalue weighted by Gasteiger charge is 2.39. The minimum Gasteiger partial charge on any atom is -0.465 e. The number of benzene rings is 1. The lowest BCUT2D eigenvalue weighted by Gasteiger charge is -2.49. The Morgan fingerprint density at radius 1 is 1.35 bits per heavy atom. The molecule has 1 saturated heterocycles. The first-order valence-corrected chi connectivity index (χ1v) is 9.76. The Morgan fingerprint density at radius 2 is 2.15 bits per heavy atom. The molecular formula is C16H21N5O4S. The van der Waals surface area contributed by atoms with Crippen molar-refractivity contribution in [3.63, 3.8) is 0 Å². The minimum absolute atomic E-state index is 0.227. The third kappa shape index (κ3) is 3.01. The van der Waals surface area contributed by atoms with Crippen LogP contribution in [0.3, 0.4) is 0 Å². The van der Waals surface area contributed by atoms with Crippen molar-refractivity contribution in [2.24, 2.45) is 7.05 Å². The summed E-state index contributed by atoms with van der Waals surface area (Å²) in [5.74, 6) is 0. The van der Waals surface area contributed by atoms with Crippen molar-refractivity contribution >= 4 is 22.7 Å². The van der Waals surface area contributed by atoms with Crippen LogP contribution in [0.5, 0.6) is 0 Å². The highest BCUT2D eigenvalue weighted by atomic mass is 32.3. The molecular weight excluding hydrogens is 358 g/mol. The maximum Gasteiger partial charge on any atom is 0.407 e. The Labute approximate surface area is 152 Å². The van der Waals surface area contributed by atoms with E-state index in [9.17, 15) is 13.9 Å². The average molecular weight is 379 g/mol. The zero-order valence-electron chi connectivity index (χ0n) is 14.2. The van der Waals surface area contributed by atoms with E-state index in [2.05, 4.69) is 9.82 Å². The molecule has 0 aliphatic carbocycles. The molecule has 2 aliphatic rings. The SMILES string of the molecule is Cn1cc(-c2ccc3c(c2)NS(O)(O)N(C2CCN(C(=O)O)C2)C3)cn1. The van der Waals surface area contributed by atoms with E-state index in [1.807, 2.05) is 31.4 Å². The van der Waals surface area contributed by atoms with Gasteiger partial charge >= 0.3 is 6.09 Å². The van der Waals surface area contributed by atoms with Gasteiger partial charge in [0.1, 0.15) is 0 Å². The standard InChI is InChI=1S/C16H21N5O4S/c1-19-8-13(7-17-19)11-2-3-12-9-21(26(24,25)18-15(12)6-11)14-4-5-20(10-14)16(22)23/h2-3,6-8,14,18,24-25H,4-5,9-10H2,1H3,(H,22,23). The van der Waals surface area contributed by atoms with Gasteiger partial charge in [0.05, 0.1) is 17.9 Å². The van der Waals surface area contributed by atoms with Gasteiger partial charge in [0.25, 0.3) is 0 Å². The molecule has 9 nitrogen and oxygen atoms in total. The number of nitrogens with one attached hydrogen (secondary N) is 1. The monoisotopic (exact) mass is 379 g/mol. The summed E-state index contributed by atoms with van der Waals surface area (Å²) in [4.78, 5) is 12.4. The predicted octanol–water partition coefficient (Wildman–Crippen LogP) is 2.65. The third-order valence-corrected chi connectivity index (χ3v) is 6.46. The predicted molar refractivity (Wildman–Crippen MR) is 98.7 cm³/mol. The Balaban J connectivity index is 1.59. The van der Waals surface area contributed by atoms with Crippen molar-refractivity contribution < 1.29 is 19.0 Å². The van der Waals surface area contributed by atoms with E-state index in [0.29, 0.717) is 25.2 Å². The van der Waals surface area contributed by atoms with Gasteiger partial charge in [0, 0.05) is 38.4 Å². The van der Waals surface area contributed by atoms with Crippen molar-refractivity contribution in [3.8, 4) is 11.1 Å². The van der Waals surface area contributed by atoms with Gasteiger partial charge in [0.2, 0.25) is 0 Å². The summed E-state index contributed by atoms with van der Waals surface area (Å²) in [6.07, 6.45) is 3.25. The van der Waals surface area contributed by atoms with Gasteiger partial charge in [-0.05, 0) is 23.6 Å². The Morgan fingerprint density at radius 3 is 2.81 bits per heavy atom. The first-order valence-electron chi connectivity index (χ1n) is 8.26. The molecule has 1 aromatic heterocycles. The highest BCUT2D eigenvalue weighted by molar-refractivity contribution is 8.23. The molecule has 10 heteroatoms. The molecule has 3 heterocycles. The third-order valence-electron chi connectivity index (χ3n) is 4.89. The first kappa shape index (κ1) is 17.2. The zero-order chi connectivity index (χ0) is 18.5. The van der Waals surface area contributed by atoms with E-state index in [4.69, 9.17) is 5.11 Å². The quantitative estimate of drug-likeness (QED) is 0.634. The number of carboxylic acid groups (broad SMARTS) is 1. The number of amides is 1.